The SMILES string of the molecule is C=CCNC(=O)N1CCOC(CN2CCN(c3ccc(F)cc3)CC2)C1. The average molecular weight is 362 g/mol. The molecule has 0 bridgehead atoms. The van der Waals surface area contributed by atoms with Crippen LogP contribution in [-0.4, -0.2) is 80.9 Å². The van der Waals surface area contributed by atoms with Crippen molar-refractivity contribution >= 4 is 11.7 Å². The van der Waals surface area contributed by atoms with Gasteiger partial charge in [0.25, 0.3) is 0 Å². The molecule has 0 spiro atoms. The van der Waals surface area contributed by atoms with E-state index in [0.717, 1.165) is 38.4 Å². The van der Waals surface area contributed by atoms with Crippen LogP contribution >= 0.6 is 0 Å². The van der Waals surface area contributed by atoms with Crippen LogP contribution in [0.4, 0.5) is 14.9 Å². The number of carbonyl (C=O) groups is 1. The van der Waals surface area contributed by atoms with Crippen molar-refractivity contribution in [2.24, 2.45) is 0 Å². The molecule has 2 aliphatic heterocycles. The van der Waals surface area contributed by atoms with E-state index in [1.165, 1.54) is 12.1 Å². The van der Waals surface area contributed by atoms with Crippen molar-refractivity contribution in [1.82, 2.24) is 15.1 Å². The molecule has 1 aromatic rings. The topological polar surface area (TPSA) is 48.1 Å². The first-order valence-electron chi connectivity index (χ1n) is 9.14. The van der Waals surface area contributed by atoms with Gasteiger partial charge in [0.1, 0.15) is 5.82 Å². The van der Waals surface area contributed by atoms with Crippen molar-refractivity contribution in [3.63, 3.8) is 0 Å². The molecule has 2 saturated heterocycles. The van der Waals surface area contributed by atoms with Gasteiger partial charge in [0.05, 0.1) is 12.7 Å². The number of piperazine rings is 1. The second-order valence-corrected chi connectivity index (χ2v) is 6.68. The highest BCUT2D eigenvalue weighted by atomic mass is 19.1. The Kier molecular flexibility index (Phi) is 6.46. The maximum atomic E-state index is 13.1. The number of urea groups is 1. The second kappa shape index (κ2) is 9.00. The summed E-state index contributed by atoms with van der Waals surface area (Å²) in [4.78, 5) is 18.5. The number of anilines is 1. The van der Waals surface area contributed by atoms with Gasteiger partial charge in [-0.3, -0.25) is 4.90 Å². The molecule has 0 saturated carbocycles. The minimum Gasteiger partial charge on any atom is -0.373 e. The van der Waals surface area contributed by atoms with Crippen LogP contribution in [0.1, 0.15) is 0 Å². The van der Waals surface area contributed by atoms with Gasteiger partial charge in [0.15, 0.2) is 0 Å². The lowest BCUT2D eigenvalue weighted by Crippen LogP contribution is -2.54. The Morgan fingerprint density at radius 3 is 2.65 bits per heavy atom. The van der Waals surface area contributed by atoms with Crippen LogP contribution < -0.4 is 10.2 Å². The predicted octanol–water partition coefficient (Wildman–Crippen LogP) is 1.54. The number of carbonyl (C=O) groups excluding carboxylic acids is 1. The number of halogens is 1. The fourth-order valence-corrected chi connectivity index (χ4v) is 3.41. The van der Waals surface area contributed by atoms with Crippen LogP contribution in [0.5, 0.6) is 0 Å². The quantitative estimate of drug-likeness (QED) is 0.808. The second-order valence-electron chi connectivity index (χ2n) is 6.68. The van der Waals surface area contributed by atoms with Gasteiger partial charge in [-0.05, 0) is 24.3 Å². The molecular formula is C19H27FN4O2. The Morgan fingerprint density at radius 2 is 1.96 bits per heavy atom. The number of hydrogen-bond donors (Lipinski definition) is 1. The monoisotopic (exact) mass is 362 g/mol. The molecule has 1 aromatic carbocycles. The third kappa shape index (κ3) is 4.95. The van der Waals surface area contributed by atoms with E-state index in [-0.39, 0.29) is 18.0 Å². The molecule has 3 rings (SSSR count). The first kappa shape index (κ1) is 18.7. The molecule has 2 amide bonds. The summed E-state index contributed by atoms with van der Waals surface area (Å²) in [5.41, 5.74) is 1.06. The first-order chi connectivity index (χ1) is 12.7. The Labute approximate surface area is 154 Å². The molecule has 1 N–H and O–H groups in total. The molecule has 0 radical (unpaired) electrons. The summed E-state index contributed by atoms with van der Waals surface area (Å²) < 4.78 is 18.9. The standard InChI is InChI=1S/C19H27FN4O2/c1-2-7-21-19(25)24-12-13-26-18(15-24)14-22-8-10-23(11-9-22)17-5-3-16(20)4-6-17/h2-6,18H,1,7-15H2,(H,21,25). The van der Waals surface area contributed by atoms with E-state index < -0.39 is 0 Å². The lowest BCUT2D eigenvalue weighted by molar-refractivity contribution is -0.0309. The zero-order valence-electron chi connectivity index (χ0n) is 15.1. The van der Waals surface area contributed by atoms with Crippen LogP contribution in [0, 0.1) is 5.82 Å². The third-order valence-electron chi connectivity index (χ3n) is 4.85. The van der Waals surface area contributed by atoms with E-state index in [1.807, 2.05) is 17.0 Å². The number of nitrogens with one attached hydrogen (secondary N) is 1. The van der Waals surface area contributed by atoms with Gasteiger partial charge in [-0.1, -0.05) is 6.08 Å². The Morgan fingerprint density at radius 1 is 1.23 bits per heavy atom. The van der Waals surface area contributed by atoms with Crippen molar-refractivity contribution < 1.29 is 13.9 Å². The summed E-state index contributed by atoms with van der Waals surface area (Å²) in [6.45, 7) is 10.4. The lowest BCUT2D eigenvalue weighted by atomic mass is 10.2. The summed E-state index contributed by atoms with van der Waals surface area (Å²) >= 11 is 0. The summed E-state index contributed by atoms with van der Waals surface area (Å²) in [5.74, 6) is -0.205. The molecule has 26 heavy (non-hydrogen) atoms. The van der Waals surface area contributed by atoms with Crippen LogP contribution in [0.2, 0.25) is 0 Å². The van der Waals surface area contributed by atoms with Crippen LogP contribution in [-0.2, 0) is 4.74 Å². The van der Waals surface area contributed by atoms with E-state index in [1.54, 1.807) is 6.08 Å². The van der Waals surface area contributed by atoms with Gasteiger partial charge >= 0.3 is 6.03 Å². The zero-order chi connectivity index (χ0) is 18.4. The molecule has 0 aliphatic carbocycles. The number of rotatable bonds is 5. The molecule has 2 heterocycles. The van der Waals surface area contributed by atoms with Crippen molar-refractivity contribution in [3.05, 3.63) is 42.7 Å². The van der Waals surface area contributed by atoms with Crippen LogP contribution in [0.25, 0.3) is 0 Å². The van der Waals surface area contributed by atoms with Crippen molar-refractivity contribution in [2.45, 2.75) is 6.10 Å². The number of amides is 2. The summed E-state index contributed by atoms with van der Waals surface area (Å²) in [7, 11) is 0. The summed E-state index contributed by atoms with van der Waals surface area (Å²) in [6.07, 6.45) is 1.71. The number of benzene rings is 1. The van der Waals surface area contributed by atoms with E-state index in [9.17, 15) is 9.18 Å². The Balaban J connectivity index is 1.44. The molecule has 6 nitrogen and oxygen atoms in total. The fraction of sp³-hybridized carbons (Fsp3) is 0.526. The third-order valence-corrected chi connectivity index (χ3v) is 4.85. The van der Waals surface area contributed by atoms with Gasteiger partial charge < -0.3 is 19.9 Å². The van der Waals surface area contributed by atoms with Gasteiger partial charge in [-0.2, -0.15) is 0 Å². The largest absolute Gasteiger partial charge is 0.373 e. The Bertz CT molecular complexity index is 602. The first-order valence-corrected chi connectivity index (χ1v) is 9.14. The molecule has 142 valence electrons. The average Bonchev–Trinajstić information content (AvgIpc) is 2.67. The van der Waals surface area contributed by atoms with E-state index in [0.29, 0.717) is 26.2 Å². The molecular weight excluding hydrogens is 335 g/mol. The van der Waals surface area contributed by atoms with Crippen molar-refractivity contribution in [3.8, 4) is 0 Å². The number of hydrogen-bond acceptors (Lipinski definition) is 4. The van der Waals surface area contributed by atoms with Crippen LogP contribution in [0.3, 0.4) is 0 Å². The maximum Gasteiger partial charge on any atom is 0.317 e. The maximum absolute atomic E-state index is 13.1. The predicted molar refractivity (Wildman–Crippen MR) is 100.0 cm³/mol. The van der Waals surface area contributed by atoms with E-state index in [4.69, 9.17) is 4.74 Å². The highest BCUT2D eigenvalue weighted by Gasteiger charge is 2.27. The number of morpholine rings is 1. The smallest absolute Gasteiger partial charge is 0.317 e. The molecule has 0 aromatic heterocycles. The molecule has 2 fully saturated rings. The Hall–Kier alpha value is -2.12. The highest BCUT2D eigenvalue weighted by molar-refractivity contribution is 5.74. The molecule has 7 heteroatoms. The number of nitrogens with zero attached hydrogens (tertiary/aromatic N) is 3. The number of ether oxygens (including phenoxy) is 1. The molecule has 1 atom stereocenters. The van der Waals surface area contributed by atoms with Crippen molar-refractivity contribution in [1.29, 1.82) is 0 Å². The van der Waals surface area contributed by atoms with Gasteiger partial charge in [-0.15, -0.1) is 6.58 Å². The normalized spacial score (nSPS) is 21.5. The van der Waals surface area contributed by atoms with Gasteiger partial charge in [0.2, 0.25) is 0 Å². The van der Waals surface area contributed by atoms with Crippen LogP contribution in [0.15, 0.2) is 36.9 Å². The van der Waals surface area contributed by atoms with E-state index in [2.05, 4.69) is 21.7 Å². The zero-order valence-corrected chi connectivity index (χ0v) is 15.1. The fourth-order valence-electron chi connectivity index (χ4n) is 3.41. The summed E-state index contributed by atoms with van der Waals surface area (Å²) in [6, 6.07) is 6.61. The lowest BCUT2D eigenvalue weighted by Gasteiger charge is -2.39. The van der Waals surface area contributed by atoms with Gasteiger partial charge in [0, 0.05) is 58.0 Å². The molecule has 1 unspecified atom stereocenters. The van der Waals surface area contributed by atoms with Gasteiger partial charge in [-0.25, -0.2) is 9.18 Å². The minimum atomic E-state index is -0.205. The highest BCUT2D eigenvalue weighted by Crippen LogP contribution is 2.17. The minimum absolute atomic E-state index is 0.0376. The molecule has 2 aliphatic rings. The van der Waals surface area contributed by atoms with E-state index >= 15 is 0 Å². The van der Waals surface area contributed by atoms with Crippen molar-refractivity contribution in [2.75, 3.05) is 63.9 Å². The summed E-state index contributed by atoms with van der Waals surface area (Å²) in [5, 5.41) is 2.82.